The summed E-state index contributed by atoms with van der Waals surface area (Å²) in [4.78, 5) is 78.5. The predicted octanol–water partition coefficient (Wildman–Crippen LogP) is 26.5. The lowest BCUT2D eigenvalue weighted by Gasteiger charge is -2.29. The highest BCUT2D eigenvalue weighted by Crippen LogP contribution is 2.56. The highest BCUT2D eigenvalue weighted by Gasteiger charge is 2.52. The zero-order valence-corrected chi connectivity index (χ0v) is 70.3. The molecule has 4 aliphatic heterocycles. The van der Waals surface area contributed by atoms with Gasteiger partial charge in [-0.15, -0.1) is 68.0 Å². The maximum Gasteiger partial charge on any atom is 0.261 e. The molecule has 0 bridgehead atoms. The Bertz CT molecular complexity index is 4210. The Morgan fingerprint density at radius 1 is 0.321 bits per heavy atom. The summed E-state index contributed by atoms with van der Waals surface area (Å²) in [6, 6.07) is 26.5. The fourth-order valence-corrected chi connectivity index (χ4v) is 22.6. The zero-order valence-electron chi connectivity index (χ0n) is 65.4. The number of thiophene rings is 6. The highest BCUT2D eigenvalue weighted by atomic mass is 32.1. The Morgan fingerprint density at radius 2 is 0.604 bits per heavy atom. The van der Waals surface area contributed by atoms with Gasteiger partial charge < -0.3 is 29.1 Å². The molecule has 0 spiro atoms. The first-order valence-corrected chi connectivity index (χ1v) is 46.0. The third-order valence-electron chi connectivity index (χ3n) is 23.3. The third-order valence-corrected chi connectivity index (χ3v) is 29.9. The molecule has 0 saturated heterocycles. The SMILES string of the molecule is CCCCC(CC)COc1c2cc3cc(-c4ccc(C5=C6C(=O)N(CC(CC)CCCC)C(c7cccs7)=C6C(=O)N5CC(CC)CCCC)s4)sc3c(OCC(CC)CCCC)c2cc2cc(-c3ccc(C4=C5C(=O)N(CC(CC)CCCC)C(c6cccs6)=C5C(=O)N4CC(CC)CCCC)s3)sc12. The molecule has 10 nitrogen and oxygen atoms in total. The topological polar surface area (TPSA) is 99.7 Å². The first-order chi connectivity index (χ1) is 51.7. The van der Waals surface area contributed by atoms with E-state index in [2.05, 4.69) is 155 Å². The summed E-state index contributed by atoms with van der Waals surface area (Å²) in [7, 11) is 0. The maximum atomic E-state index is 15.6. The molecule has 0 N–H and O–H groups in total. The predicted molar refractivity (Wildman–Crippen MR) is 455 cm³/mol. The molecule has 6 aromatic heterocycles. The van der Waals surface area contributed by atoms with Crippen LogP contribution in [0, 0.1) is 35.5 Å². The number of ether oxygens (including phenoxy) is 2. The highest BCUT2D eigenvalue weighted by molar-refractivity contribution is 7.27. The van der Waals surface area contributed by atoms with Crippen LogP contribution in [-0.2, 0) is 19.2 Å². The van der Waals surface area contributed by atoms with E-state index in [1.54, 1.807) is 68.0 Å². The van der Waals surface area contributed by atoms with E-state index in [1.165, 1.54) is 0 Å². The molecule has 568 valence electrons. The van der Waals surface area contributed by atoms with Crippen molar-refractivity contribution >= 4 is 145 Å². The van der Waals surface area contributed by atoms with Crippen LogP contribution in [0.4, 0.5) is 0 Å². The van der Waals surface area contributed by atoms with Crippen LogP contribution in [0.5, 0.6) is 11.5 Å². The van der Waals surface area contributed by atoms with E-state index in [1.807, 2.05) is 31.7 Å². The number of carbonyl (C=O) groups excluding carboxylic acids is 4. The Morgan fingerprint density at radius 3 is 0.877 bits per heavy atom. The normalized spacial score (nSPS) is 16.7. The molecule has 10 heterocycles. The smallest absolute Gasteiger partial charge is 0.261 e. The number of hydrogen-bond acceptors (Lipinski definition) is 12. The number of fused-ring (bicyclic) bond motifs is 5. The Balaban J connectivity index is 0.997. The van der Waals surface area contributed by atoms with Crippen molar-refractivity contribution in [2.75, 3.05) is 39.4 Å². The van der Waals surface area contributed by atoms with Crippen LogP contribution in [0.25, 0.3) is 73.2 Å². The summed E-state index contributed by atoms with van der Waals surface area (Å²) in [6.45, 7) is 30.6. The van der Waals surface area contributed by atoms with Crippen molar-refractivity contribution < 1.29 is 28.7 Å². The van der Waals surface area contributed by atoms with E-state index < -0.39 is 0 Å². The molecule has 16 heteroatoms. The average molecular weight is 1540 g/mol. The van der Waals surface area contributed by atoms with Gasteiger partial charge in [0.15, 0.2) is 0 Å². The second-order valence-corrected chi connectivity index (χ2v) is 36.7. The van der Waals surface area contributed by atoms with Crippen LogP contribution in [0.3, 0.4) is 0 Å². The van der Waals surface area contributed by atoms with E-state index in [4.69, 9.17) is 9.47 Å². The number of carbonyl (C=O) groups is 4. The quantitative estimate of drug-likeness (QED) is 0.0377. The van der Waals surface area contributed by atoms with E-state index in [0.717, 1.165) is 258 Å². The van der Waals surface area contributed by atoms with Gasteiger partial charge in [-0.05, 0) is 156 Å². The van der Waals surface area contributed by atoms with Crippen molar-refractivity contribution in [1.82, 2.24) is 19.6 Å². The lowest BCUT2D eigenvalue weighted by Crippen LogP contribution is -2.34. The van der Waals surface area contributed by atoms with Gasteiger partial charge in [-0.1, -0.05) is 211 Å². The maximum absolute atomic E-state index is 15.6. The summed E-state index contributed by atoms with van der Waals surface area (Å²) in [5.41, 5.74) is 5.40. The summed E-state index contributed by atoms with van der Waals surface area (Å²) < 4.78 is 17.1. The molecule has 0 fully saturated rings. The van der Waals surface area contributed by atoms with Gasteiger partial charge in [-0.25, -0.2) is 0 Å². The fourth-order valence-electron chi connectivity index (χ4n) is 16.4. The van der Waals surface area contributed by atoms with Crippen LogP contribution < -0.4 is 9.47 Å². The van der Waals surface area contributed by atoms with Crippen molar-refractivity contribution in [3.63, 3.8) is 0 Å². The van der Waals surface area contributed by atoms with Gasteiger partial charge in [0.05, 0.1) is 87.2 Å². The molecular formula is C90H116N4O6S6. The van der Waals surface area contributed by atoms with Gasteiger partial charge in [-0.2, -0.15) is 0 Å². The molecule has 6 unspecified atom stereocenters. The number of unbranched alkanes of at least 4 members (excludes halogenated alkanes) is 6. The van der Waals surface area contributed by atoms with Crippen LogP contribution in [0.1, 0.15) is 257 Å². The minimum Gasteiger partial charge on any atom is -0.491 e. The largest absolute Gasteiger partial charge is 0.491 e. The monoisotopic (exact) mass is 1540 g/mol. The zero-order chi connectivity index (χ0) is 74.7. The van der Waals surface area contributed by atoms with Crippen molar-refractivity contribution in [3.8, 4) is 31.0 Å². The fraction of sp³-hybridized carbons (Fsp3) is 0.533. The number of nitrogens with zero attached hydrogens (tertiary/aromatic N) is 4. The lowest BCUT2D eigenvalue weighted by molar-refractivity contribution is -0.124. The second-order valence-electron chi connectivity index (χ2n) is 30.5. The Hall–Kier alpha value is -6.14. The van der Waals surface area contributed by atoms with E-state index >= 15 is 19.2 Å². The van der Waals surface area contributed by atoms with Crippen molar-refractivity contribution in [1.29, 1.82) is 0 Å². The molecule has 2 aromatic carbocycles. The molecule has 6 atom stereocenters. The number of benzene rings is 2. The lowest BCUT2D eigenvalue weighted by atomic mass is 9.98. The summed E-state index contributed by atoms with van der Waals surface area (Å²) >= 11 is 10.2. The average Bonchev–Trinajstić information content (AvgIpc) is 1.56. The number of hydrogen-bond donors (Lipinski definition) is 0. The first kappa shape index (κ1) is 79.4. The molecule has 4 aliphatic rings. The van der Waals surface area contributed by atoms with Crippen LogP contribution in [0.2, 0.25) is 0 Å². The van der Waals surface area contributed by atoms with Gasteiger partial charge in [0, 0.05) is 56.5 Å². The molecule has 12 rings (SSSR count). The molecule has 0 saturated carbocycles. The number of amides is 4. The summed E-state index contributed by atoms with van der Waals surface area (Å²) in [6.07, 6.45) is 25.5. The first-order valence-electron chi connectivity index (χ1n) is 41.0. The van der Waals surface area contributed by atoms with Crippen LogP contribution in [-0.4, -0.2) is 82.6 Å². The van der Waals surface area contributed by atoms with Crippen molar-refractivity contribution in [2.24, 2.45) is 35.5 Å². The molecule has 8 aromatic rings. The van der Waals surface area contributed by atoms with E-state index in [0.29, 0.717) is 97.2 Å². The van der Waals surface area contributed by atoms with Crippen LogP contribution >= 0.6 is 68.0 Å². The van der Waals surface area contributed by atoms with E-state index in [9.17, 15) is 0 Å². The molecule has 106 heavy (non-hydrogen) atoms. The number of rotatable bonds is 44. The van der Waals surface area contributed by atoms with Crippen molar-refractivity contribution in [2.45, 2.75) is 237 Å². The Kier molecular flexibility index (Phi) is 27.8. The molecule has 4 amide bonds. The second kappa shape index (κ2) is 37.0. The summed E-state index contributed by atoms with van der Waals surface area (Å²) in [5.74, 6) is 3.58. The van der Waals surface area contributed by atoms with Crippen LogP contribution in [0.15, 0.2) is 106 Å². The van der Waals surface area contributed by atoms with Gasteiger partial charge >= 0.3 is 0 Å². The minimum atomic E-state index is -0.0487. The van der Waals surface area contributed by atoms with E-state index in [-0.39, 0.29) is 23.6 Å². The standard InChI is InChI=1S/C90H116N4O6S6/c1-13-25-33-57(19-7)51-91-79(69-39-31-45-101-69)75-77(89(91)97)81(93(87(75)95)53-59(21-9)35-27-15-3)71-43-41-67(103-71)73-49-63-47-65-66(83(85(63)105-73)99-55-61(23-11)37-29-17-5)48-64-50-74(106-86(64)84(65)100-56-62(24-12)38-30-18-6)68-42-44-72(104-68)82-78-76(88(96)94(82)54-60(22-10)36-28-16-4)80(70-40-32-46-102-70)92(90(78)98)52-58(20-8)34-26-14-2/h31-32,39-50,57-62H,13-30,33-38,51-56H2,1-12H3. The van der Waals surface area contributed by atoms with Gasteiger partial charge in [-0.3, -0.25) is 19.2 Å². The van der Waals surface area contributed by atoms with Gasteiger partial charge in [0.2, 0.25) is 0 Å². The van der Waals surface area contributed by atoms with Gasteiger partial charge in [0.25, 0.3) is 23.6 Å². The third kappa shape index (κ3) is 16.5. The van der Waals surface area contributed by atoms with Crippen molar-refractivity contribution in [3.05, 3.63) is 125 Å². The molecular weight excluding hydrogens is 1430 g/mol. The molecule has 0 aliphatic carbocycles. The summed E-state index contributed by atoms with van der Waals surface area (Å²) in [5, 5.41) is 8.39. The molecule has 0 radical (unpaired) electrons. The van der Waals surface area contributed by atoms with Gasteiger partial charge in [0.1, 0.15) is 11.5 Å². The Labute approximate surface area is 657 Å². The minimum absolute atomic E-state index is 0.0487.